The van der Waals surface area contributed by atoms with Gasteiger partial charge in [-0.2, -0.15) is 0 Å². The summed E-state index contributed by atoms with van der Waals surface area (Å²) in [5.41, 5.74) is 28.8. The van der Waals surface area contributed by atoms with Crippen LogP contribution in [0.15, 0.2) is 473 Å². The number of thiophene rings is 2. The number of hydrogen-bond donors (Lipinski definition) is 0. The molecule has 0 fully saturated rings. The molecule has 10 nitrogen and oxygen atoms in total. The van der Waals surface area contributed by atoms with Crippen molar-refractivity contribution in [2.45, 2.75) is 0 Å². The van der Waals surface area contributed by atoms with E-state index in [1.165, 1.54) is 73.1 Å². The van der Waals surface area contributed by atoms with Crippen molar-refractivity contribution in [2.24, 2.45) is 0 Å². The molecule has 0 N–H and O–H groups in total. The zero-order valence-electron chi connectivity index (χ0n) is 73.3. The van der Waals surface area contributed by atoms with Crippen LogP contribution in [0.1, 0.15) is 0 Å². The molecule has 0 aliphatic heterocycles. The summed E-state index contributed by atoms with van der Waals surface area (Å²) in [5.74, 6) is 3.47. The number of aromatic nitrogens is 10. The van der Waals surface area contributed by atoms with E-state index in [-0.39, 0.29) is 0 Å². The Morgan fingerprint density at radius 2 is 0.485 bits per heavy atom. The highest BCUT2D eigenvalue weighted by molar-refractivity contribution is 7.26. The number of benzene rings is 18. The quantitative estimate of drug-likeness (QED) is 0.0940. The lowest BCUT2D eigenvalue weighted by Crippen LogP contribution is -2.02. The molecule has 0 spiro atoms. The first-order chi connectivity index (χ1) is 67.4. The second kappa shape index (κ2) is 34.6. The van der Waals surface area contributed by atoms with Gasteiger partial charge in [0.2, 0.25) is 0 Å². The Morgan fingerprint density at radius 1 is 0.169 bits per heavy atom. The van der Waals surface area contributed by atoms with Crippen molar-refractivity contribution in [3.05, 3.63) is 473 Å². The summed E-state index contributed by atoms with van der Waals surface area (Å²) < 4.78 is 9.65. The molecule has 0 amide bonds. The molecule has 636 valence electrons. The summed E-state index contributed by atoms with van der Waals surface area (Å²) in [6.07, 6.45) is 4.07. The van der Waals surface area contributed by atoms with Gasteiger partial charge in [-0.25, -0.2) is 29.9 Å². The van der Waals surface area contributed by atoms with E-state index in [0.29, 0.717) is 34.9 Å². The number of para-hydroxylation sites is 4. The Kier molecular flexibility index (Phi) is 20.4. The van der Waals surface area contributed by atoms with E-state index in [1.807, 2.05) is 108 Å². The third-order valence-corrected chi connectivity index (χ3v) is 28.1. The Bertz CT molecular complexity index is 8820. The van der Waals surface area contributed by atoms with Gasteiger partial charge in [-0.15, -0.1) is 22.7 Å². The van der Waals surface area contributed by atoms with Crippen molar-refractivity contribution in [2.75, 3.05) is 0 Å². The number of fused-ring (bicyclic) bond motifs is 12. The highest BCUT2D eigenvalue weighted by Crippen LogP contribution is 2.51. The maximum absolute atomic E-state index is 5.57. The molecule has 0 aliphatic carbocycles. The average molecular weight is 1770 g/mol. The standard InChI is InChI=1S/2C62H39N5S/c1-6-20-40(21-7-1)46-31-18-32-47(41-22-8-2-9-23-41)57(46)44-36-52(62-65-60(42-24-10-3-11-25-42)64-61(66-62)43-26-12-4-13-27-43)59(63-39-44)49-33-19-35-55-58(49)51-37-54-50(38-56(51)68-55)48-30-16-17-34-53(48)67(54)45-28-14-5-15-29-45;1-6-19-40(20-7-1)47-30-18-31-48(41-21-8-2-9-22-41)58(47)45-36-53(62-65-60(42-23-10-3-11-24-42)64-61(66-62)43-25-12-4-13-26-43)59(63-39-45)44-33-34-56-51(35-44)52-37-55-50(38-57(52)68-56)49-29-16-17-32-54(49)67(55)46-27-14-5-15-28-46/h2*1-39H. The lowest BCUT2D eigenvalue weighted by Gasteiger charge is -2.18. The van der Waals surface area contributed by atoms with E-state index in [4.69, 9.17) is 39.9 Å². The molecule has 0 saturated carbocycles. The van der Waals surface area contributed by atoms with Crippen molar-refractivity contribution >= 4 is 107 Å². The van der Waals surface area contributed by atoms with Crippen LogP contribution in [0.5, 0.6) is 0 Å². The summed E-state index contributed by atoms with van der Waals surface area (Å²) in [6.45, 7) is 0. The first kappa shape index (κ1) is 80.4. The van der Waals surface area contributed by atoms with E-state index in [9.17, 15) is 0 Å². The Hall–Kier alpha value is -17.7. The van der Waals surface area contributed by atoms with Crippen LogP contribution in [-0.2, 0) is 0 Å². The Labute approximate surface area is 792 Å². The highest BCUT2D eigenvalue weighted by atomic mass is 32.1. The van der Waals surface area contributed by atoms with E-state index in [0.717, 1.165) is 145 Å². The first-order valence-electron chi connectivity index (χ1n) is 45.6. The summed E-state index contributed by atoms with van der Waals surface area (Å²) in [7, 11) is 0. The van der Waals surface area contributed by atoms with Crippen LogP contribution in [-0.4, -0.2) is 49.0 Å². The normalized spacial score (nSPS) is 11.5. The van der Waals surface area contributed by atoms with Crippen LogP contribution >= 0.6 is 22.7 Å². The van der Waals surface area contributed by atoms with Crippen molar-refractivity contribution in [1.82, 2.24) is 49.0 Å². The maximum atomic E-state index is 5.57. The second-order valence-electron chi connectivity index (χ2n) is 33.9. The predicted molar refractivity (Wildman–Crippen MR) is 566 cm³/mol. The van der Waals surface area contributed by atoms with Gasteiger partial charge in [0.15, 0.2) is 34.9 Å². The number of nitrogens with zero attached hydrogens (tertiary/aromatic N) is 10. The monoisotopic (exact) mass is 1770 g/mol. The minimum Gasteiger partial charge on any atom is -0.309 e. The third kappa shape index (κ3) is 14.6. The predicted octanol–water partition coefficient (Wildman–Crippen LogP) is 32.8. The van der Waals surface area contributed by atoms with Crippen LogP contribution in [0, 0.1) is 0 Å². The van der Waals surface area contributed by atoms with Crippen LogP contribution < -0.4 is 0 Å². The van der Waals surface area contributed by atoms with Gasteiger partial charge < -0.3 is 9.13 Å². The molecule has 8 aromatic heterocycles. The molecule has 0 saturated heterocycles. The van der Waals surface area contributed by atoms with Gasteiger partial charge in [0.1, 0.15) is 0 Å². The second-order valence-corrected chi connectivity index (χ2v) is 36.1. The van der Waals surface area contributed by atoms with E-state index in [2.05, 4.69) is 397 Å². The zero-order valence-corrected chi connectivity index (χ0v) is 75.0. The Balaban J connectivity index is 0.000000145. The van der Waals surface area contributed by atoms with Crippen LogP contribution in [0.25, 0.3) is 253 Å². The molecule has 12 heteroatoms. The number of pyridine rings is 2. The molecule has 0 atom stereocenters. The summed E-state index contributed by atoms with van der Waals surface area (Å²) >= 11 is 3.65. The fraction of sp³-hybridized carbons (Fsp3) is 0. The molecular weight excluding hydrogens is 1690 g/mol. The minimum absolute atomic E-state index is 0.545. The summed E-state index contributed by atoms with van der Waals surface area (Å²) in [5, 5.41) is 9.66. The minimum atomic E-state index is 0.545. The fourth-order valence-electron chi connectivity index (χ4n) is 19.6. The third-order valence-electron chi connectivity index (χ3n) is 25.8. The van der Waals surface area contributed by atoms with Gasteiger partial charge in [-0.1, -0.05) is 370 Å². The molecule has 0 aliphatic rings. The average Bonchev–Trinajstić information content (AvgIpc) is 1.56. The van der Waals surface area contributed by atoms with Crippen LogP contribution in [0.2, 0.25) is 0 Å². The highest BCUT2D eigenvalue weighted by Gasteiger charge is 2.28. The lowest BCUT2D eigenvalue weighted by atomic mass is 9.87. The topological polar surface area (TPSA) is 113 Å². The van der Waals surface area contributed by atoms with Crippen molar-refractivity contribution in [1.29, 1.82) is 0 Å². The van der Waals surface area contributed by atoms with Crippen molar-refractivity contribution < 1.29 is 0 Å². The maximum Gasteiger partial charge on any atom is 0.166 e. The van der Waals surface area contributed by atoms with Gasteiger partial charge >= 0.3 is 0 Å². The van der Waals surface area contributed by atoms with Crippen LogP contribution in [0.3, 0.4) is 0 Å². The van der Waals surface area contributed by atoms with E-state index in [1.54, 1.807) is 0 Å². The Morgan fingerprint density at radius 3 is 0.897 bits per heavy atom. The van der Waals surface area contributed by atoms with Gasteiger partial charge in [0, 0.05) is 141 Å². The number of hydrogen-bond acceptors (Lipinski definition) is 10. The van der Waals surface area contributed by atoms with Gasteiger partial charge in [0.25, 0.3) is 0 Å². The number of rotatable bonds is 16. The zero-order chi connectivity index (χ0) is 89.9. The smallest absolute Gasteiger partial charge is 0.166 e. The van der Waals surface area contributed by atoms with Gasteiger partial charge in [-0.3, -0.25) is 9.97 Å². The molecule has 26 aromatic rings. The molecule has 18 aromatic carbocycles. The van der Waals surface area contributed by atoms with Crippen molar-refractivity contribution in [3.63, 3.8) is 0 Å². The summed E-state index contributed by atoms with van der Waals surface area (Å²) in [6, 6.07) is 162. The molecule has 0 radical (unpaired) electrons. The summed E-state index contributed by atoms with van der Waals surface area (Å²) in [4.78, 5) is 42.6. The largest absolute Gasteiger partial charge is 0.309 e. The van der Waals surface area contributed by atoms with Gasteiger partial charge in [0.05, 0.1) is 33.5 Å². The SMILES string of the molecule is c1ccc(-c2nc(-c3ccccc3)nc(-c3cc(-c4c(-c5ccccc5)cccc4-c4ccccc4)cnc3-c3ccc4sc5cc6c7ccccc7n(-c7ccccc7)c6cc5c4c3)n2)cc1.c1ccc(-c2nc(-c3ccccc3)nc(-c3cc(-c4c(-c5ccccc5)cccc4-c4ccccc4)cnc3-c3cccc4sc5cc6c7ccccc7n(-c7ccccc7)c6cc5c34)n2)cc1. The first-order valence-corrected chi connectivity index (χ1v) is 47.2. The molecule has 8 heterocycles. The fourth-order valence-corrected chi connectivity index (χ4v) is 21.8. The molecule has 0 unspecified atom stereocenters. The van der Waals surface area contributed by atoms with Gasteiger partial charge in [-0.05, 0) is 147 Å². The molecular formula is C124H78N10S2. The molecule has 0 bridgehead atoms. The molecule has 136 heavy (non-hydrogen) atoms. The van der Waals surface area contributed by atoms with E-state index < -0.39 is 0 Å². The molecule has 26 rings (SSSR count). The van der Waals surface area contributed by atoms with Crippen LogP contribution in [0.4, 0.5) is 0 Å². The lowest BCUT2D eigenvalue weighted by molar-refractivity contribution is 1.07. The van der Waals surface area contributed by atoms with E-state index >= 15 is 0 Å². The van der Waals surface area contributed by atoms with Crippen molar-refractivity contribution in [3.8, 4) is 169 Å².